The van der Waals surface area contributed by atoms with E-state index in [-0.39, 0.29) is 16.7 Å². The van der Waals surface area contributed by atoms with Crippen LogP contribution in [0.3, 0.4) is 0 Å². The number of likely N-dealkylation sites (tertiary alicyclic amines) is 1. The summed E-state index contributed by atoms with van der Waals surface area (Å²) in [6.45, 7) is 1.64. The van der Waals surface area contributed by atoms with Crippen molar-refractivity contribution >= 4 is 40.6 Å². The van der Waals surface area contributed by atoms with Gasteiger partial charge in [-0.1, -0.05) is 35.9 Å². The van der Waals surface area contributed by atoms with Gasteiger partial charge in [0.05, 0.1) is 5.75 Å². The minimum absolute atomic E-state index is 0.101. The summed E-state index contributed by atoms with van der Waals surface area (Å²) in [5.74, 6) is -0.371. The van der Waals surface area contributed by atoms with Crippen LogP contribution in [0.5, 0.6) is 0 Å². The van der Waals surface area contributed by atoms with Gasteiger partial charge >= 0.3 is 0 Å². The van der Waals surface area contributed by atoms with Gasteiger partial charge in [-0.2, -0.15) is 0 Å². The van der Waals surface area contributed by atoms with Crippen LogP contribution in [0.4, 0.5) is 10.1 Å². The molecule has 0 saturated carbocycles. The van der Waals surface area contributed by atoms with Crippen molar-refractivity contribution in [2.24, 2.45) is 0 Å². The van der Waals surface area contributed by atoms with Crippen LogP contribution in [0.15, 0.2) is 28.6 Å². The molecular weight excluding hydrogens is 375 g/mol. The standard InChI is InChI=1S/C17H19FN4O2S2/c18-12-5-7-13(8-6-12)19-15(24)16-20-21-17(26-16)25-11-14(23)22-9-3-1-2-4-10-22/h5-8H,1-4,9-11H2,(H,19,24). The molecule has 1 aliphatic heterocycles. The Morgan fingerprint density at radius 1 is 1.12 bits per heavy atom. The second-order valence-electron chi connectivity index (χ2n) is 5.92. The number of benzene rings is 1. The molecule has 3 rings (SSSR count). The molecule has 9 heteroatoms. The summed E-state index contributed by atoms with van der Waals surface area (Å²) >= 11 is 2.44. The highest BCUT2D eigenvalue weighted by molar-refractivity contribution is 8.01. The first-order chi connectivity index (χ1) is 12.6. The second-order valence-corrected chi connectivity index (χ2v) is 8.12. The van der Waals surface area contributed by atoms with E-state index in [4.69, 9.17) is 0 Å². The van der Waals surface area contributed by atoms with Crippen molar-refractivity contribution in [1.29, 1.82) is 0 Å². The minimum Gasteiger partial charge on any atom is -0.342 e. The third-order valence-corrected chi connectivity index (χ3v) is 6.02. The topological polar surface area (TPSA) is 75.2 Å². The van der Waals surface area contributed by atoms with Crippen LogP contribution in [-0.2, 0) is 4.79 Å². The first-order valence-corrected chi connectivity index (χ1v) is 10.2. The van der Waals surface area contributed by atoms with Crippen LogP contribution in [0.25, 0.3) is 0 Å². The highest BCUT2D eigenvalue weighted by Gasteiger charge is 2.18. The van der Waals surface area contributed by atoms with E-state index < -0.39 is 5.91 Å². The molecule has 1 aliphatic rings. The zero-order valence-corrected chi connectivity index (χ0v) is 15.7. The van der Waals surface area contributed by atoms with Gasteiger partial charge in [-0.15, -0.1) is 10.2 Å². The summed E-state index contributed by atoms with van der Waals surface area (Å²) in [7, 11) is 0. The van der Waals surface area contributed by atoms with Gasteiger partial charge in [0.15, 0.2) is 4.34 Å². The van der Waals surface area contributed by atoms with Crippen molar-refractivity contribution in [3.63, 3.8) is 0 Å². The van der Waals surface area contributed by atoms with Crippen molar-refractivity contribution in [2.45, 2.75) is 30.0 Å². The van der Waals surface area contributed by atoms with Crippen LogP contribution in [-0.4, -0.2) is 45.8 Å². The number of carbonyl (C=O) groups excluding carboxylic acids is 2. The summed E-state index contributed by atoms with van der Waals surface area (Å²) in [4.78, 5) is 26.3. The van der Waals surface area contributed by atoms with E-state index >= 15 is 0 Å². The third kappa shape index (κ3) is 5.25. The van der Waals surface area contributed by atoms with Crippen LogP contribution in [0, 0.1) is 5.82 Å². The molecular formula is C17H19FN4O2S2. The molecule has 1 saturated heterocycles. The van der Waals surface area contributed by atoms with E-state index in [9.17, 15) is 14.0 Å². The number of anilines is 1. The molecule has 1 aromatic heterocycles. The Morgan fingerprint density at radius 2 is 1.81 bits per heavy atom. The maximum absolute atomic E-state index is 12.9. The van der Waals surface area contributed by atoms with E-state index in [0.717, 1.165) is 37.3 Å². The monoisotopic (exact) mass is 394 g/mol. The normalized spacial score (nSPS) is 14.7. The first-order valence-electron chi connectivity index (χ1n) is 8.43. The summed E-state index contributed by atoms with van der Waals surface area (Å²) < 4.78 is 13.5. The largest absolute Gasteiger partial charge is 0.342 e. The van der Waals surface area contributed by atoms with Crippen molar-refractivity contribution in [2.75, 3.05) is 24.2 Å². The van der Waals surface area contributed by atoms with Crippen LogP contribution in [0.2, 0.25) is 0 Å². The smallest absolute Gasteiger partial charge is 0.286 e. The Morgan fingerprint density at radius 3 is 2.50 bits per heavy atom. The van der Waals surface area contributed by atoms with Gasteiger partial charge in [-0.25, -0.2) is 4.39 Å². The highest BCUT2D eigenvalue weighted by Crippen LogP contribution is 2.24. The van der Waals surface area contributed by atoms with E-state index in [0.29, 0.717) is 15.8 Å². The molecule has 0 radical (unpaired) electrons. The van der Waals surface area contributed by atoms with E-state index in [2.05, 4.69) is 15.5 Å². The van der Waals surface area contributed by atoms with Gasteiger partial charge < -0.3 is 10.2 Å². The predicted molar refractivity (Wildman–Crippen MR) is 100 cm³/mol. The maximum Gasteiger partial charge on any atom is 0.286 e. The minimum atomic E-state index is -0.403. The number of halogens is 1. The zero-order chi connectivity index (χ0) is 18.4. The van der Waals surface area contributed by atoms with Crippen LogP contribution in [0.1, 0.15) is 35.5 Å². The number of aromatic nitrogens is 2. The maximum atomic E-state index is 12.9. The molecule has 2 aromatic rings. The van der Waals surface area contributed by atoms with Crippen molar-refractivity contribution in [3.8, 4) is 0 Å². The average molecular weight is 394 g/mol. The molecule has 0 atom stereocenters. The highest BCUT2D eigenvalue weighted by atomic mass is 32.2. The number of rotatable bonds is 5. The molecule has 0 aliphatic carbocycles. The molecule has 26 heavy (non-hydrogen) atoms. The van der Waals surface area contributed by atoms with E-state index in [1.165, 1.54) is 48.9 Å². The van der Waals surface area contributed by atoms with Crippen molar-refractivity contribution in [3.05, 3.63) is 35.1 Å². The Hall–Kier alpha value is -2.00. The molecule has 0 bridgehead atoms. The Bertz CT molecular complexity index is 758. The Balaban J connectivity index is 1.51. The number of nitrogens with one attached hydrogen (secondary N) is 1. The first kappa shape index (κ1) is 18.8. The fraction of sp³-hybridized carbons (Fsp3) is 0.412. The van der Waals surface area contributed by atoms with Crippen molar-refractivity contribution < 1.29 is 14.0 Å². The lowest BCUT2D eigenvalue weighted by Gasteiger charge is -2.19. The number of carbonyl (C=O) groups is 2. The summed E-state index contributed by atoms with van der Waals surface area (Å²) in [5, 5.41) is 10.7. The molecule has 2 amide bonds. The quantitative estimate of drug-likeness (QED) is 0.787. The van der Waals surface area contributed by atoms with E-state index in [1.54, 1.807) is 0 Å². The number of amides is 2. The Labute approximate surface area is 159 Å². The second kappa shape index (κ2) is 9.09. The summed E-state index contributed by atoms with van der Waals surface area (Å²) in [6.07, 6.45) is 4.48. The summed E-state index contributed by atoms with van der Waals surface area (Å²) in [6, 6.07) is 5.49. The van der Waals surface area contributed by atoms with Gasteiger partial charge in [0, 0.05) is 18.8 Å². The predicted octanol–water partition coefficient (Wildman–Crippen LogP) is 3.42. The van der Waals surface area contributed by atoms with Gasteiger partial charge in [-0.3, -0.25) is 9.59 Å². The SMILES string of the molecule is O=C(Nc1ccc(F)cc1)c1nnc(SCC(=O)N2CCCCCC2)s1. The van der Waals surface area contributed by atoms with E-state index in [1.807, 2.05) is 4.90 Å². The van der Waals surface area contributed by atoms with Crippen molar-refractivity contribution in [1.82, 2.24) is 15.1 Å². The number of hydrogen-bond donors (Lipinski definition) is 1. The number of thioether (sulfide) groups is 1. The molecule has 1 fully saturated rings. The van der Waals surface area contributed by atoms with Crippen LogP contribution >= 0.6 is 23.1 Å². The molecule has 0 unspecified atom stereocenters. The number of hydrogen-bond acceptors (Lipinski definition) is 6. The fourth-order valence-corrected chi connectivity index (χ4v) is 4.26. The van der Waals surface area contributed by atoms with Gasteiger partial charge in [0.2, 0.25) is 10.9 Å². The lowest BCUT2D eigenvalue weighted by atomic mass is 10.2. The van der Waals surface area contributed by atoms with Crippen LogP contribution < -0.4 is 5.32 Å². The third-order valence-electron chi connectivity index (χ3n) is 3.98. The lowest BCUT2D eigenvalue weighted by Crippen LogP contribution is -2.33. The average Bonchev–Trinajstić information content (AvgIpc) is 2.95. The molecule has 2 heterocycles. The van der Waals surface area contributed by atoms with Gasteiger partial charge in [0.1, 0.15) is 5.82 Å². The fourth-order valence-electron chi connectivity index (χ4n) is 2.61. The number of nitrogens with zero attached hydrogens (tertiary/aromatic N) is 3. The zero-order valence-electron chi connectivity index (χ0n) is 14.1. The molecule has 1 N–H and O–H groups in total. The van der Waals surface area contributed by atoms with Gasteiger partial charge in [-0.05, 0) is 37.1 Å². The summed E-state index contributed by atoms with van der Waals surface area (Å²) in [5.41, 5.74) is 0.483. The molecule has 0 spiro atoms. The lowest BCUT2D eigenvalue weighted by molar-refractivity contribution is -0.128. The molecule has 6 nitrogen and oxygen atoms in total. The molecule has 1 aromatic carbocycles. The Kier molecular flexibility index (Phi) is 6.56. The molecule has 138 valence electrons. The van der Waals surface area contributed by atoms with Gasteiger partial charge in [0.25, 0.3) is 5.91 Å².